The number of carbonyl (C=O) groups excluding carboxylic acids is 3. The number of benzene rings is 1. The largest absolute Gasteiger partial charge is 0.489 e. The zero-order valence-electron chi connectivity index (χ0n) is 19.9. The molecule has 3 aliphatic heterocycles. The fourth-order valence-corrected chi connectivity index (χ4v) is 5.93. The van der Waals surface area contributed by atoms with Crippen molar-refractivity contribution in [2.75, 3.05) is 13.1 Å². The molecular weight excluding hydrogens is 465 g/mol. The van der Waals surface area contributed by atoms with Crippen LogP contribution in [0.3, 0.4) is 0 Å². The van der Waals surface area contributed by atoms with Crippen LogP contribution in [-0.2, 0) is 16.1 Å². The first-order valence-electron chi connectivity index (χ1n) is 12.6. The molecule has 3 fully saturated rings. The number of piperidine rings is 1. The van der Waals surface area contributed by atoms with Gasteiger partial charge < -0.3 is 9.64 Å². The SMILES string of the molecule is O=C1CCC(N2Cc3cc(O[C@H]4CCCC[C@@H]4N4CC(c5cnc(F)cn5)C4)ccc3C2=O)C(=O)N1. The second-order valence-electron chi connectivity index (χ2n) is 10.1. The van der Waals surface area contributed by atoms with E-state index in [1.165, 1.54) is 12.4 Å². The number of imide groups is 1. The molecule has 1 N–H and O–H groups in total. The van der Waals surface area contributed by atoms with Gasteiger partial charge in [-0.15, -0.1) is 0 Å². The molecule has 9 nitrogen and oxygen atoms in total. The molecule has 1 aromatic heterocycles. The first-order chi connectivity index (χ1) is 17.5. The standard InChI is InChI=1S/C26H28FN5O4/c27-23-11-28-19(10-29-23)16-12-31(13-16)20-3-1-2-4-22(20)36-17-5-6-18-15(9-17)14-32(26(18)35)21-7-8-24(33)30-25(21)34/h5-6,9-11,16,20-22H,1-4,7-8,12-14H2,(H,30,33,34)/t20-,21?,22-/m0/s1. The number of nitrogens with zero attached hydrogens (tertiary/aromatic N) is 4. The number of likely N-dealkylation sites (tertiary alicyclic amines) is 1. The Morgan fingerprint density at radius 2 is 1.86 bits per heavy atom. The first kappa shape index (κ1) is 23.0. The van der Waals surface area contributed by atoms with Gasteiger partial charge in [-0.1, -0.05) is 6.42 Å². The van der Waals surface area contributed by atoms with Gasteiger partial charge in [0.15, 0.2) is 0 Å². The maximum Gasteiger partial charge on any atom is 0.255 e. The lowest BCUT2D eigenvalue weighted by atomic mass is 9.86. The van der Waals surface area contributed by atoms with E-state index < -0.39 is 17.9 Å². The van der Waals surface area contributed by atoms with Crippen molar-refractivity contribution in [3.05, 3.63) is 53.4 Å². The highest BCUT2D eigenvalue weighted by Crippen LogP contribution is 2.36. The summed E-state index contributed by atoms with van der Waals surface area (Å²) in [6.07, 6.45) is 7.59. The molecule has 4 aliphatic rings. The minimum absolute atomic E-state index is 0.0420. The maximum atomic E-state index is 13.1. The quantitative estimate of drug-likeness (QED) is 0.637. The number of rotatable bonds is 5. The Morgan fingerprint density at radius 3 is 2.64 bits per heavy atom. The zero-order valence-corrected chi connectivity index (χ0v) is 19.9. The predicted octanol–water partition coefficient (Wildman–Crippen LogP) is 2.17. The van der Waals surface area contributed by atoms with Crippen molar-refractivity contribution >= 4 is 17.7 Å². The third-order valence-corrected chi connectivity index (χ3v) is 7.89. The van der Waals surface area contributed by atoms with Gasteiger partial charge in [0.2, 0.25) is 17.8 Å². The molecule has 1 aliphatic carbocycles. The monoisotopic (exact) mass is 493 g/mol. The topological polar surface area (TPSA) is 105 Å². The van der Waals surface area contributed by atoms with Crippen LogP contribution < -0.4 is 10.1 Å². The van der Waals surface area contributed by atoms with Gasteiger partial charge in [-0.05, 0) is 49.4 Å². The van der Waals surface area contributed by atoms with Crippen LogP contribution in [0.1, 0.15) is 66.1 Å². The number of hydrogen-bond donors (Lipinski definition) is 1. The number of nitrogens with one attached hydrogen (secondary N) is 1. The lowest BCUT2D eigenvalue weighted by Gasteiger charge is -2.48. The molecule has 188 valence electrons. The van der Waals surface area contributed by atoms with E-state index in [9.17, 15) is 18.8 Å². The highest BCUT2D eigenvalue weighted by Gasteiger charge is 2.41. The van der Waals surface area contributed by atoms with E-state index in [0.717, 1.165) is 55.8 Å². The lowest BCUT2D eigenvalue weighted by molar-refractivity contribution is -0.136. The Kier molecular flexibility index (Phi) is 5.91. The van der Waals surface area contributed by atoms with Gasteiger partial charge in [0, 0.05) is 43.6 Å². The van der Waals surface area contributed by atoms with Gasteiger partial charge >= 0.3 is 0 Å². The fourth-order valence-electron chi connectivity index (χ4n) is 5.93. The Hall–Kier alpha value is -3.40. The van der Waals surface area contributed by atoms with E-state index in [-0.39, 0.29) is 30.3 Å². The van der Waals surface area contributed by atoms with Crippen LogP contribution in [0.5, 0.6) is 5.75 Å². The summed E-state index contributed by atoms with van der Waals surface area (Å²) in [6.45, 7) is 2.03. The number of fused-ring (bicyclic) bond motifs is 1. The lowest BCUT2D eigenvalue weighted by Crippen LogP contribution is -2.57. The summed E-state index contributed by atoms with van der Waals surface area (Å²) in [6, 6.07) is 5.20. The van der Waals surface area contributed by atoms with E-state index >= 15 is 0 Å². The third kappa shape index (κ3) is 4.23. The van der Waals surface area contributed by atoms with Crippen molar-refractivity contribution in [2.45, 2.75) is 69.2 Å². The molecule has 2 saturated heterocycles. The van der Waals surface area contributed by atoms with Crippen LogP contribution in [0.2, 0.25) is 0 Å². The van der Waals surface area contributed by atoms with Gasteiger partial charge in [-0.25, -0.2) is 4.98 Å². The van der Waals surface area contributed by atoms with Gasteiger partial charge in [0.25, 0.3) is 5.91 Å². The molecule has 1 saturated carbocycles. The summed E-state index contributed by atoms with van der Waals surface area (Å²) in [7, 11) is 0. The van der Waals surface area contributed by atoms with Crippen LogP contribution in [0.25, 0.3) is 0 Å². The van der Waals surface area contributed by atoms with Crippen molar-refractivity contribution in [1.29, 1.82) is 0 Å². The van der Waals surface area contributed by atoms with E-state index in [1.54, 1.807) is 11.0 Å². The number of carbonyl (C=O) groups is 3. The Bertz CT molecular complexity index is 1200. The van der Waals surface area contributed by atoms with Crippen molar-refractivity contribution in [1.82, 2.24) is 25.1 Å². The molecular formula is C26H28FN5O4. The number of aromatic nitrogens is 2. The van der Waals surface area contributed by atoms with Gasteiger partial charge in [-0.2, -0.15) is 4.39 Å². The Morgan fingerprint density at radius 1 is 1.03 bits per heavy atom. The van der Waals surface area contributed by atoms with Crippen molar-refractivity contribution in [3.63, 3.8) is 0 Å². The van der Waals surface area contributed by atoms with Crippen LogP contribution in [0, 0.1) is 5.95 Å². The second kappa shape index (κ2) is 9.24. The number of ether oxygens (including phenoxy) is 1. The average molecular weight is 494 g/mol. The van der Waals surface area contributed by atoms with E-state index in [4.69, 9.17) is 4.74 Å². The van der Waals surface area contributed by atoms with E-state index in [1.807, 2.05) is 12.1 Å². The summed E-state index contributed by atoms with van der Waals surface area (Å²) < 4.78 is 19.6. The predicted molar refractivity (Wildman–Crippen MR) is 125 cm³/mol. The molecule has 36 heavy (non-hydrogen) atoms. The Labute approximate surface area is 208 Å². The number of halogens is 1. The fraction of sp³-hybridized carbons (Fsp3) is 0.500. The average Bonchev–Trinajstić information content (AvgIpc) is 3.16. The van der Waals surface area contributed by atoms with Crippen LogP contribution in [-0.4, -0.2) is 68.8 Å². The Balaban J connectivity index is 1.11. The smallest absolute Gasteiger partial charge is 0.255 e. The molecule has 4 heterocycles. The van der Waals surface area contributed by atoms with E-state index in [2.05, 4.69) is 20.2 Å². The molecule has 3 atom stereocenters. The summed E-state index contributed by atoms with van der Waals surface area (Å²) in [5.41, 5.74) is 2.25. The molecule has 2 aromatic rings. The number of amides is 3. The maximum absolute atomic E-state index is 13.1. The molecule has 3 amide bonds. The van der Waals surface area contributed by atoms with Crippen molar-refractivity contribution < 1.29 is 23.5 Å². The van der Waals surface area contributed by atoms with Gasteiger partial charge in [-0.3, -0.25) is 29.6 Å². The van der Waals surface area contributed by atoms with Crippen LogP contribution >= 0.6 is 0 Å². The first-order valence-corrected chi connectivity index (χ1v) is 12.6. The summed E-state index contributed by atoms with van der Waals surface area (Å²) in [5.74, 6) is -0.468. The van der Waals surface area contributed by atoms with Crippen molar-refractivity contribution in [3.8, 4) is 5.75 Å². The number of hydrogen-bond acceptors (Lipinski definition) is 7. The van der Waals surface area contributed by atoms with Crippen molar-refractivity contribution in [2.24, 2.45) is 0 Å². The summed E-state index contributed by atoms with van der Waals surface area (Å²) in [5, 5.41) is 2.34. The van der Waals surface area contributed by atoms with Crippen LogP contribution in [0.15, 0.2) is 30.6 Å². The highest BCUT2D eigenvalue weighted by molar-refractivity contribution is 6.05. The zero-order chi connectivity index (χ0) is 24.8. The van der Waals surface area contributed by atoms with E-state index in [0.29, 0.717) is 24.6 Å². The minimum Gasteiger partial charge on any atom is -0.489 e. The molecule has 0 spiro atoms. The third-order valence-electron chi connectivity index (χ3n) is 7.89. The van der Waals surface area contributed by atoms with Crippen LogP contribution in [0.4, 0.5) is 4.39 Å². The molecule has 10 heteroatoms. The highest BCUT2D eigenvalue weighted by atomic mass is 19.1. The summed E-state index contributed by atoms with van der Waals surface area (Å²) in [4.78, 5) is 48.6. The van der Waals surface area contributed by atoms with Gasteiger partial charge in [0.1, 0.15) is 17.9 Å². The second-order valence-corrected chi connectivity index (χ2v) is 10.1. The molecule has 1 unspecified atom stereocenters. The van der Waals surface area contributed by atoms with Gasteiger partial charge in [0.05, 0.1) is 18.1 Å². The normalized spacial score (nSPS) is 27.0. The molecule has 0 bridgehead atoms. The minimum atomic E-state index is -0.625. The summed E-state index contributed by atoms with van der Waals surface area (Å²) >= 11 is 0. The molecule has 1 aromatic carbocycles. The molecule has 0 radical (unpaired) electrons. The molecule has 6 rings (SSSR count).